The fourth-order valence-corrected chi connectivity index (χ4v) is 4.64. The minimum atomic E-state index is -4.56. The summed E-state index contributed by atoms with van der Waals surface area (Å²) in [5.41, 5.74) is 0.624. The van der Waals surface area contributed by atoms with Crippen LogP contribution in [-0.4, -0.2) is 30.2 Å². The van der Waals surface area contributed by atoms with Crippen molar-refractivity contribution in [3.8, 4) is 17.2 Å². The summed E-state index contributed by atoms with van der Waals surface area (Å²) in [7, 11) is 0. The first-order valence-corrected chi connectivity index (χ1v) is 10.4. The van der Waals surface area contributed by atoms with E-state index in [0.717, 1.165) is 12.1 Å². The Morgan fingerprint density at radius 3 is 2.16 bits per heavy atom. The highest BCUT2D eigenvalue weighted by Gasteiger charge is 2.29. The molecule has 6 N–H and O–H groups in total. The van der Waals surface area contributed by atoms with E-state index in [-0.39, 0.29) is 33.3 Å². The zero-order valence-corrected chi connectivity index (χ0v) is 15.0. The largest absolute Gasteiger partial charge is 0.508 e. The van der Waals surface area contributed by atoms with Crippen molar-refractivity contribution < 1.29 is 34.8 Å². The minimum absolute atomic E-state index is 0.0638. The molecule has 0 bridgehead atoms. The summed E-state index contributed by atoms with van der Waals surface area (Å²) in [6.45, 7) is -2.75. The molecule has 2 aromatic carbocycles. The monoisotopic (exact) mass is 386 g/mol. The van der Waals surface area contributed by atoms with Gasteiger partial charge >= 0.3 is 6.80 Å². The molecule has 2 atom stereocenters. The van der Waals surface area contributed by atoms with Gasteiger partial charge in [-0.25, -0.2) is 4.57 Å². The van der Waals surface area contributed by atoms with E-state index >= 15 is 0 Å². The zero-order valence-electron chi connectivity index (χ0n) is 13.3. The summed E-state index contributed by atoms with van der Waals surface area (Å²) in [4.78, 5) is 18.3. The van der Waals surface area contributed by atoms with E-state index in [9.17, 15) is 34.8 Å². The number of benzene rings is 2. The van der Waals surface area contributed by atoms with E-state index in [4.69, 9.17) is 0 Å². The highest BCUT2D eigenvalue weighted by Crippen LogP contribution is 2.58. The normalized spacial score (nSPS) is 14.2. The molecule has 9 heteroatoms. The van der Waals surface area contributed by atoms with Gasteiger partial charge in [0.25, 0.3) is 0 Å². The molecule has 2 unspecified atom stereocenters. The molecule has 0 amide bonds. The predicted octanol–water partition coefficient (Wildman–Crippen LogP) is 3.22. The number of rotatable bonds is 6. The molecule has 0 saturated carbocycles. The molecule has 0 aliphatic carbocycles. The lowest BCUT2D eigenvalue weighted by Gasteiger charge is -2.25. The van der Waals surface area contributed by atoms with Crippen LogP contribution < -0.4 is 0 Å². The highest BCUT2D eigenvalue weighted by atomic mass is 32.7. The van der Waals surface area contributed by atoms with Gasteiger partial charge in [0.05, 0.1) is 6.10 Å². The van der Waals surface area contributed by atoms with Crippen molar-refractivity contribution in [2.45, 2.75) is 30.3 Å². The molecule has 0 aliphatic rings. The average Bonchev–Trinajstić information content (AvgIpc) is 2.47. The lowest BCUT2D eigenvalue weighted by molar-refractivity contribution is 0.136. The van der Waals surface area contributed by atoms with Crippen LogP contribution in [0.3, 0.4) is 0 Å². The van der Waals surface area contributed by atoms with Gasteiger partial charge < -0.3 is 30.2 Å². The van der Waals surface area contributed by atoms with Crippen molar-refractivity contribution in [2.24, 2.45) is 0 Å². The quantitative estimate of drug-likeness (QED) is 0.416. The molecule has 0 radical (unpaired) electrons. The molecule has 7 nitrogen and oxygen atoms in total. The molecule has 0 spiro atoms. The van der Waals surface area contributed by atoms with E-state index in [2.05, 4.69) is 0 Å². The summed E-state index contributed by atoms with van der Waals surface area (Å²) >= 11 is 0.156. The fourth-order valence-electron chi connectivity index (χ4n) is 2.66. The average molecular weight is 386 g/mol. The van der Waals surface area contributed by atoms with E-state index in [1.807, 2.05) is 6.92 Å². The van der Waals surface area contributed by atoms with Gasteiger partial charge in [-0.1, -0.05) is 19.1 Å². The Hall–Kier alpha value is -1.70. The lowest BCUT2D eigenvalue weighted by atomic mass is 9.86. The van der Waals surface area contributed by atoms with Crippen LogP contribution in [0.25, 0.3) is 0 Å². The molecule has 0 aromatic heterocycles. The number of hydrogen-bond donors (Lipinski definition) is 6. The molecular formula is C16H19O7PS. The van der Waals surface area contributed by atoms with Crippen molar-refractivity contribution in [2.75, 3.05) is 0 Å². The highest BCUT2D eigenvalue weighted by molar-refractivity contribution is 8.54. The number of phenolic OH excluding ortho intramolecular Hbond substituents is 3. The summed E-state index contributed by atoms with van der Waals surface area (Å²) in [6.07, 6.45) is -0.809. The smallest absolute Gasteiger partial charge is 0.388 e. The molecule has 25 heavy (non-hydrogen) atoms. The van der Waals surface area contributed by atoms with E-state index in [1.54, 1.807) is 12.1 Å². The first kappa shape index (κ1) is 19.6. The van der Waals surface area contributed by atoms with E-state index in [0.29, 0.717) is 12.0 Å². The molecule has 0 aliphatic heterocycles. The Morgan fingerprint density at radius 2 is 1.64 bits per heavy atom. The van der Waals surface area contributed by atoms with Crippen LogP contribution in [0, 0.1) is 0 Å². The van der Waals surface area contributed by atoms with Crippen molar-refractivity contribution >= 4 is 18.2 Å². The summed E-state index contributed by atoms with van der Waals surface area (Å²) in [5.74, 6) is -1.26. The summed E-state index contributed by atoms with van der Waals surface area (Å²) in [6, 6.07) is 8.27. The third-order valence-electron chi connectivity index (χ3n) is 3.76. The molecule has 136 valence electrons. The molecule has 0 heterocycles. The van der Waals surface area contributed by atoms with Gasteiger partial charge in [-0.15, -0.1) is 0 Å². The fraction of sp³-hybridized carbons (Fsp3) is 0.250. The minimum Gasteiger partial charge on any atom is -0.508 e. The van der Waals surface area contributed by atoms with Gasteiger partial charge in [-0.05, 0) is 41.6 Å². The van der Waals surface area contributed by atoms with Crippen LogP contribution in [0.4, 0.5) is 0 Å². The Labute approximate surface area is 148 Å². The van der Waals surface area contributed by atoms with Crippen LogP contribution in [0.5, 0.6) is 17.2 Å². The van der Waals surface area contributed by atoms with Gasteiger partial charge in [0, 0.05) is 22.4 Å². The predicted molar refractivity (Wildman–Crippen MR) is 93.8 cm³/mol. The van der Waals surface area contributed by atoms with Gasteiger partial charge in [0.15, 0.2) is 0 Å². The van der Waals surface area contributed by atoms with Crippen LogP contribution in [0.15, 0.2) is 41.3 Å². The first-order chi connectivity index (χ1) is 11.6. The summed E-state index contributed by atoms with van der Waals surface area (Å²) in [5, 5.41) is 39.9. The van der Waals surface area contributed by atoms with Gasteiger partial charge in [0.1, 0.15) is 17.2 Å². The van der Waals surface area contributed by atoms with E-state index in [1.165, 1.54) is 12.1 Å². The van der Waals surface area contributed by atoms with E-state index < -0.39 is 24.6 Å². The molecule has 0 fully saturated rings. The standard InChI is InChI=1S/C16H19O7PS/c1-2-12(9-3-5-10(17)6-4-9)16(20)15-13(19)7-11(18)8-14(15)25-24(21,22)23/h3-8,12,16-20H,2H2,1H3,(H2,21,22,23). The molecule has 2 rings (SSSR count). The molecular weight excluding hydrogens is 367 g/mol. The van der Waals surface area contributed by atoms with Crippen molar-refractivity contribution in [3.63, 3.8) is 0 Å². The van der Waals surface area contributed by atoms with Crippen molar-refractivity contribution in [1.82, 2.24) is 0 Å². The SMILES string of the molecule is CCC(c1ccc(O)cc1)C(O)c1c(O)cc(O)cc1SP(=O)(O)O. The summed E-state index contributed by atoms with van der Waals surface area (Å²) < 4.78 is 11.3. The van der Waals surface area contributed by atoms with Crippen LogP contribution >= 0.6 is 18.2 Å². The molecule has 2 aromatic rings. The Balaban J connectivity index is 2.50. The van der Waals surface area contributed by atoms with Crippen molar-refractivity contribution in [1.29, 1.82) is 0 Å². The van der Waals surface area contributed by atoms with Crippen LogP contribution in [0.2, 0.25) is 0 Å². The van der Waals surface area contributed by atoms with Crippen LogP contribution in [-0.2, 0) is 4.57 Å². The Morgan fingerprint density at radius 1 is 1.04 bits per heavy atom. The third kappa shape index (κ3) is 4.90. The van der Waals surface area contributed by atoms with Gasteiger partial charge in [-0.2, -0.15) is 0 Å². The maximum absolute atomic E-state index is 11.3. The number of aliphatic hydroxyl groups is 1. The lowest BCUT2D eigenvalue weighted by Crippen LogP contribution is -2.11. The maximum atomic E-state index is 11.3. The second-order valence-electron chi connectivity index (χ2n) is 5.51. The van der Waals surface area contributed by atoms with Gasteiger partial charge in [0.2, 0.25) is 0 Å². The number of aliphatic hydroxyl groups excluding tert-OH is 1. The van der Waals surface area contributed by atoms with Crippen LogP contribution in [0.1, 0.15) is 36.5 Å². The van der Waals surface area contributed by atoms with Crippen molar-refractivity contribution in [3.05, 3.63) is 47.5 Å². The second kappa shape index (κ2) is 7.68. The Kier molecular flexibility index (Phi) is 6.03. The van der Waals surface area contributed by atoms with Gasteiger partial charge in [-0.3, -0.25) is 0 Å². The maximum Gasteiger partial charge on any atom is 0.388 e. The second-order valence-corrected chi connectivity index (χ2v) is 9.09. The Bertz CT molecular complexity index is 788. The zero-order chi connectivity index (χ0) is 18.8. The number of hydrogen-bond acceptors (Lipinski definition) is 6. The number of phenols is 3. The third-order valence-corrected chi connectivity index (χ3v) is 5.84. The topological polar surface area (TPSA) is 138 Å². The first-order valence-electron chi connectivity index (χ1n) is 7.40. The molecule has 0 saturated heterocycles. The number of aromatic hydroxyl groups is 3.